The highest BCUT2D eigenvalue weighted by Gasteiger charge is 2.34. The number of carbonyl (C=O) groups is 2. The van der Waals surface area contributed by atoms with E-state index < -0.39 is 12.0 Å². The second kappa shape index (κ2) is 7.73. The number of carboxylic acid groups (broad SMARTS) is 1. The van der Waals surface area contributed by atoms with Gasteiger partial charge in [-0.1, -0.05) is 13.8 Å². The van der Waals surface area contributed by atoms with Gasteiger partial charge in [-0.3, -0.25) is 0 Å². The summed E-state index contributed by atoms with van der Waals surface area (Å²) in [4.78, 5) is 26.9. The summed E-state index contributed by atoms with van der Waals surface area (Å²) in [5.41, 5.74) is 0. The molecular weight excluding hydrogens is 258 g/mol. The molecule has 0 bridgehead atoms. The molecule has 2 amide bonds. The molecular formula is C14H23N3O3. The summed E-state index contributed by atoms with van der Waals surface area (Å²) in [6.45, 7) is 5.38. The average molecular weight is 281 g/mol. The van der Waals surface area contributed by atoms with E-state index >= 15 is 0 Å². The summed E-state index contributed by atoms with van der Waals surface area (Å²) in [6.07, 6.45) is 2.45. The molecule has 1 atom stereocenters. The fourth-order valence-corrected chi connectivity index (χ4v) is 2.49. The lowest BCUT2D eigenvalue weighted by Gasteiger charge is -2.37. The van der Waals surface area contributed by atoms with Crippen molar-refractivity contribution in [2.75, 3.05) is 19.6 Å². The van der Waals surface area contributed by atoms with Crippen molar-refractivity contribution < 1.29 is 14.7 Å². The maximum Gasteiger partial charge on any atom is 0.326 e. The lowest BCUT2D eigenvalue weighted by atomic mass is 10.0. The number of carboxylic acids is 1. The third kappa shape index (κ3) is 4.41. The van der Waals surface area contributed by atoms with Gasteiger partial charge in [-0.25, -0.2) is 9.59 Å². The zero-order valence-corrected chi connectivity index (χ0v) is 12.2. The van der Waals surface area contributed by atoms with E-state index in [-0.39, 0.29) is 18.4 Å². The standard InChI is InChI=1S/C14H23N3O3/c1-11(2)10-16(8-5-7-15)14(20)17-9-4-3-6-12(17)13(18)19/h11-12H,3-6,8-10H2,1-2H3,(H,18,19). The van der Waals surface area contributed by atoms with Gasteiger partial charge in [-0.15, -0.1) is 0 Å². The van der Waals surface area contributed by atoms with Crippen LogP contribution < -0.4 is 0 Å². The molecule has 1 fully saturated rings. The summed E-state index contributed by atoms with van der Waals surface area (Å²) in [5.74, 6) is -0.659. The molecule has 0 aromatic carbocycles. The molecule has 1 unspecified atom stereocenters. The van der Waals surface area contributed by atoms with Crippen LogP contribution in [0.2, 0.25) is 0 Å². The Morgan fingerprint density at radius 2 is 2.15 bits per heavy atom. The molecule has 0 aromatic rings. The number of aliphatic carboxylic acids is 1. The number of amides is 2. The summed E-state index contributed by atoms with van der Waals surface area (Å²) in [7, 11) is 0. The van der Waals surface area contributed by atoms with Gasteiger partial charge in [-0.2, -0.15) is 5.26 Å². The Kier molecular flexibility index (Phi) is 6.29. The first-order valence-corrected chi connectivity index (χ1v) is 7.12. The average Bonchev–Trinajstić information content (AvgIpc) is 2.42. The van der Waals surface area contributed by atoms with Crippen LogP contribution in [0.4, 0.5) is 4.79 Å². The largest absolute Gasteiger partial charge is 0.480 e. The van der Waals surface area contributed by atoms with Crippen LogP contribution in [0.5, 0.6) is 0 Å². The van der Waals surface area contributed by atoms with E-state index in [0.717, 1.165) is 12.8 Å². The van der Waals surface area contributed by atoms with Crippen molar-refractivity contribution in [3.05, 3.63) is 0 Å². The topological polar surface area (TPSA) is 84.6 Å². The Balaban J connectivity index is 2.79. The zero-order valence-electron chi connectivity index (χ0n) is 12.2. The molecule has 6 heteroatoms. The Morgan fingerprint density at radius 1 is 1.45 bits per heavy atom. The van der Waals surface area contributed by atoms with E-state index in [4.69, 9.17) is 5.26 Å². The molecule has 1 heterocycles. The number of hydrogen-bond acceptors (Lipinski definition) is 3. The van der Waals surface area contributed by atoms with Gasteiger partial charge in [0.1, 0.15) is 6.04 Å². The number of rotatable bonds is 5. The molecule has 1 rings (SSSR count). The summed E-state index contributed by atoms with van der Waals surface area (Å²) in [6, 6.07) is 1.06. The third-order valence-electron chi connectivity index (χ3n) is 3.38. The van der Waals surface area contributed by atoms with Crippen molar-refractivity contribution in [1.82, 2.24) is 9.80 Å². The molecule has 0 spiro atoms. The number of piperidine rings is 1. The molecule has 0 aromatic heterocycles. The van der Waals surface area contributed by atoms with Gasteiger partial charge in [0.2, 0.25) is 0 Å². The van der Waals surface area contributed by atoms with Crippen LogP contribution in [-0.2, 0) is 4.79 Å². The van der Waals surface area contributed by atoms with Crippen LogP contribution in [0, 0.1) is 17.2 Å². The molecule has 0 aliphatic carbocycles. The van der Waals surface area contributed by atoms with E-state index in [2.05, 4.69) is 0 Å². The van der Waals surface area contributed by atoms with E-state index in [1.807, 2.05) is 19.9 Å². The SMILES string of the molecule is CC(C)CN(CCC#N)C(=O)N1CCCCC1C(=O)O. The van der Waals surface area contributed by atoms with E-state index in [0.29, 0.717) is 26.1 Å². The number of likely N-dealkylation sites (tertiary alicyclic amines) is 1. The van der Waals surface area contributed by atoms with Crippen molar-refractivity contribution in [2.45, 2.75) is 45.6 Å². The third-order valence-corrected chi connectivity index (χ3v) is 3.38. The van der Waals surface area contributed by atoms with E-state index in [1.165, 1.54) is 4.90 Å². The summed E-state index contributed by atoms with van der Waals surface area (Å²) in [5, 5.41) is 17.9. The minimum Gasteiger partial charge on any atom is -0.480 e. The van der Waals surface area contributed by atoms with Gasteiger partial charge in [0, 0.05) is 19.6 Å². The molecule has 1 N–H and O–H groups in total. The first-order chi connectivity index (χ1) is 9.47. The van der Waals surface area contributed by atoms with Crippen molar-refractivity contribution in [3.8, 4) is 6.07 Å². The summed E-state index contributed by atoms with van der Waals surface area (Å²) < 4.78 is 0. The number of nitrogens with zero attached hydrogens (tertiary/aromatic N) is 3. The molecule has 0 saturated carbocycles. The van der Waals surface area contributed by atoms with Gasteiger partial charge in [0.15, 0.2) is 0 Å². The van der Waals surface area contributed by atoms with Crippen LogP contribution in [-0.4, -0.2) is 52.6 Å². The fraction of sp³-hybridized carbons (Fsp3) is 0.786. The summed E-state index contributed by atoms with van der Waals surface area (Å²) >= 11 is 0. The number of hydrogen-bond donors (Lipinski definition) is 1. The van der Waals surface area contributed by atoms with Crippen molar-refractivity contribution >= 4 is 12.0 Å². The van der Waals surface area contributed by atoms with Crippen LogP contribution >= 0.6 is 0 Å². The minimum atomic E-state index is -0.942. The quantitative estimate of drug-likeness (QED) is 0.834. The molecule has 1 aliphatic rings. The van der Waals surface area contributed by atoms with Gasteiger partial charge >= 0.3 is 12.0 Å². The van der Waals surface area contributed by atoms with Crippen molar-refractivity contribution in [1.29, 1.82) is 5.26 Å². The molecule has 6 nitrogen and oxygen atoms in total. The Bertz CT molecular complexity index is 390. The molecule has 1 saturated heterocycles. The van der Waals surface area contributed by atoms with Gasteiger partial charge in [0.05, 0.1) is 12.5 Å². The zero-order chi connectivity index (χ0) is 15.1. The first-order valence-electron chi connectivity index (χ1n) is 7.12. The van der Waals surface area contributed by atoms with Crippen molar-refractivity contribution in [3.63, 3.8) is 0 Å². The van der Waals surface area contributed by atoms with Crippen LogP contribution in [0.15, 0.2) is 0 Å². The minimum absolute atomic E-state index is 0.249. The normalized spacial score (nSPS) is 18.7. The molecule has 20 heavy (non-hydrogen) atoms. The first kappa shape index (κ1) is 16.3. The van der Waals surface area contributed by atoms with Crippen LogP contribution in [0.25, 0.3) is 0 Å². The highest BCUT2D eigenvalue weighted by atomic mass is 16.4. The maximum absolute atomic E-state index is 12.5. The highest BCUT2D eigenvalue weighted by molar-refractivity contribution is 5.83. The number of carbonyl (C=O) groups excluding carboxylic acids is 1. The maximum atomic E-state index is 12.5. The number of nitriles is 1. The Morgan fingerprint density at radius 3 is 2.70 bits per heavy atom. The second-order valence-corrected chi connectivity index (χ2v) is 5.57. The van der Waals surface area contributed by atoms with Crippen LogP contribution in [0.1, 0.15) is 39.5 Å². The Hall–Kier alpha value is -1.77. The van der Waals surface area contributed by atoms with Gasteiger partial charge < -0.3 is 14.9 Å². The van der Waals surface area contributed by atoms with E-state index in [1.54, 1.807) is 4.90 Å². The predicted octanol–water partition coefficient (Wildman–Crippen LogP) is 1.92. The Labute approximate surface area is 120 Å². The second-order valence-electron chi connectivity index (χ2n) is 5.57. The predicted molar refractivity (Wildman–Crippen MR) is 74.0 cm³/mol. The smallest absolute Gasteiger partial charge is 0.326 e. The lowest BCUT2D eigenvalue weighted by Crippen LogP contribution is -2.53. The fourth-order valence-electron chi connectivity index (χ4n) is 2.49. The number of urea groups is 1. The molecule has 1 aliphatic heterocycles. The monoisotopic (exact) mass is 281 g/mol. The van der Waals surface area contributed by atoms with Gasteiger partial charge in [0.25, 0.3) is 0 Å². The lowest BCUT2D eigenvalue weighted by molar-refractivity contribution is -0.143. The van der Waals surface area contributed by atoms with Crippen molar-refractivity contribution in [2.24, 2.45) is 5.92 Å². The van der Waals surface area contributed by atoms with Gasteiger partial charge in [-0.05, 0) is 25.2 Å². The van der Waals surface area contributed by atoms with Crippen LogP contribution in [0.3, 0.4) is 0 Å². The molecule has 0 radical (unpaired) electrons. The molecule has 112 valence electrons. The van der Waals surface area contributed by atoms with E-state index in [9.17, 15) is 14.7 Å². The highest BCUT2D eigenvalue weighted by Crippen LogP contribution is 2.19.